The van der Waals surface area contributed by atoms with Gasteiger partial charge in [0.25, 0.3) is 11.8 Å². The molecule has 2 amide bonds. The van der Waals surface area contributed by atoms with E-state index in [1.807, 2.05) is 78.2 Å². The van der Waals surface area contributed by atoms with E-state index in [4.69, 9.17) is 9.72 Å². The molecule has 0 fully saturated rings. The number of amides is 2. The molecule has 0 saturated carbocycles. The van der Waals surface area contributed by atoms with Crippen LogP contribution in [0.1, 0.15) is 20.7 Å². The molecule has 7 heteroatoms. The summed E-state index contributed by atoms with van der Waals surface area (Å²) in [5.41, 5.74) is 3.83. The molecule has 5 aromatic rings. The number of thiazole rings is 1. The molecule has 174 valence electrons. The number of para-hydroxylation sites is 1. The minimum absolute atomic E-state index is 0.312. The Labute approximate surface area is 211 Å². The standard InChI is InChI=1S/C29H19N3O3S/c33-27-24-11-4-5-12-25(24)28(34)32(27)21-8-6-7-19(17-21)26-18-36-29(31-26)30-20-13-15-23(16-14-20)35-22-9-2-1-3-10-22/h1-18H,(H,30,31). The quantitative estimate of drug-likeness (QED) is 0.257. The van der Waals surface area contributed by atoms with E-state index < -0.39 is 0 Å². The first kappa shape index (κ1) is 21.8. The van der Waals surface area contributed by atoms with Gasteiger partial charge in [0.15, 0.2) is 5.13 Å². The number of nitrogens with zero attached hydrogens (tertiary/aromatic N) is 2. The summed E-state index contributed by atoms with van der Waals surface area (Å²) in [6.07, 6.45) is 0. The zero-order valence-electron chi connectivity index (χ0n) is 18.9. The third-order valence-electron chi connectivity index (χ3n) is 5.78. The fourth-order valence-corrected chi connectivity index (χ4v) is 4.79. The van der Waals surface area contributed by atoms with Crippen LogP contribution in [0.3, 0.4) is 0 Å². The highest BCUT2D eigenvalue weighted by Gasteiger charge is 2.36. The number of rotatable bonds is 6. The van der Waals surface area contributed by atoms with Gasteiger partial charge in [-0.15, -0.1) is 11.3 Å². The zero-order valence-corrected chi connectivity index (χ0v) is 19.7. The predicted octanol–water partition coefficient (Wildman–Crippen LogP) is 7.15. The Hall–Kier alpha value is -4.75. The molecule has 36 heavy (non-hydrogen) atoms. The van der Waals surface area contributed by atoms with Crippen LogP contribution in [0, 0.1) is 0 Å². The molecule has 1 aliphatic heterocycles. The van der Waals surface area contributed by atoms with Crippen LogP contribution in [0.5, 0.6) is 11.5 Å². The lowest BCUT2D eigenvalue weighted by Gasteiger charge is -2.14. The molecule has 6 rings (SSSR count). The fraction of sp³-hybridized carbons (Fsp3) is 0. The second kappa shape index (κ2) is 9.13. The Bertz CT molecular complexity index is 1540. The summed E-state index contributed by atoms with van der Waals surface area (Å²) in [5.74, 6) is 0.906. The summed E-state index contributed by atoms with van der Waals surface area (Å²) in [4.78, 5) is 31.6. The first-order chi connectivity index (χ1) is 17.7. The zero-order chi connectivity index (χ0) is 24.5. The van der Waals surface area contributed by atoms with Crippen molar-refractivity contribution in [2.75, 3.05) is 10.2 Å². The van der Waals surface area contributed by atoms with Crippen molar-refractivity contribution in [3.05, 3.63) is 120 Å². The monoisotopic (exact) mass is 489 g/mol. The van der Waals surface area contributed by atoms with Gasteiger partial charge < -0.3 is 10.1 Å². The maximum Gasteiger partial charge on any atom is 0.266 e. The van der Waals surface area contributed by atoms with E-state index in [2.05, 4.69) is 5.32 Å². The van der Waals surface area contributed by atoms with E-state index in [0.29, 0.717) is 16.8 Å². The van der Waals surface area contributed by atoms with Gasteiger partial charge >= 0.3 is 0 Å². The number of carbonyl (C=O) groups is 2. The van der Waals surface area contributed by atoms with E-state index in [9.17, 15) is 9.59 Å². The Morgan fingerprint density at radius 2 is 1.39 bits per heavy atom. The van der Waals surface area contributed by atoms with Crippen molar-refractivity contribution in [2.24, 2.45) is 0 Å². The Morgan fingerprint density at radius 3 is 2.11 bits per heavy atom. The van der Waals surface area contributed by atoms with Crippen LogP contribution >= 0.6 is 11.3 Å². The van der Waals surface area contributed by atoms with E-state index in [-0.39, 0.29) is 11.8 Å². The van der Waals surface area contributed by atoms with E-state index in [1.165, 1.54) is 16.2 Å². The predicted molar refractivity (Wildman–Crippen MR) is 141 cm³/mol. The minimum atomic E-state index is -0.312. The summed E-state index contributed by atoms with van der Waals surface area (Å²) >= 11 is 1.47. The van der Waals surface area contributed by atoms with Crippen molar-refractivity contribution in [1.82, 2.24) is 4.98 Å². The highest BCUT2D eigenvalue weighted by Crippen LogP contribution is 2.33. The number of anilines is 3. The molecule has 0 unspecified atom stereocenters. The number of fused-ring (bicyclic) bond motifs is 1. The third kappa shape index (κ3) is 4.12. The van der Waals surface area contributed by atoms with E-state index in [0.717, 1.165) is 33.6 Å². The second-order valence-corrected chi connectivity index (χ2v) is 9.00. The van der Waals surface area contributed by atoms with Crippen molar-refractivity contribution in [3.63, 3.8) is 0 Å². The average Bonchev–Trinajstić information content (AvgIpc) is 3.48. The fourth-order valence-electron chi connectivity index (χ4n) is 4.05. The molecule has 6 nitrogen and oxygen atoms in total. The normalized spacial score (nSPS) is 12.5. The van der Waals surface area contributed by atoms with Crippen LogP contribution in [0.15, 0.2) is 109 Å². The molecule has 0 radical (unpaired) electrons. The number of carbonyl (C=O) groups excluding carboxylic acids is 2. The van der Waals surface area contributed by atoms with E-state index in [1.54, 1.807) is 30.3 Å². The van der Waals surface area contributed by atoms with Crippen LogP contribution in [0.2, 0.25) is 0 Å². The van der Waals surface area contributed by atoms with Crippen molar-refractivity contribution in [1.29, 1.82) is 0 Å². The molecule has 1 N–H and O–H groups in total. The van der Waals surface area contributed by atoms with Crippen LogP contribution in [0.4, 0.5) is 16.5 Å². The number of hydrogen-bond donors (Lipinski definition) is 1. The molecule has 4 aromatic carbocycles. The largest absolute Gasteiger partial charge is 0.457 e. The van der Waals surface area contributed by atoms with Gasteiger partial charge in [-0.05, 0) is 60.7 Å². The Balaban J connectivity index is 1.18. The molecular formula is C29H19N3O3S. The molecular weight excluding hydrogens is 470 g/mol. The van der Waals surface area contributed by atoms with Crippen molar-refractivity contribution in [2.45, 2.75) is 0 Å². The van der Waals surface area contributed by atoms with Crippen LogP contribution < -0.4 is 15.0 Å². The Kier molecular flexibility index (Phi) is 5.52. The SMILES string of the molecule is O=C1c2ccccc2C(=O)N1c1cccc(-c2csc(Nc3ccc(Oc4ccccc4)cc3)n2)c1. The van der Waals surface area contributed by atoms with Gasteiger partial charge in [-0.1, -0.05) is 42.5 Å². The number of imide groups is 1. The van der Waals surface area contributed by atoms with Gasteiger partial charge in [0.05, 0.1) is 22.5 Å². The number of ether oxygens (including phenoxy) is 1. The molecule has 1 aliphatic rings. The third-order valence-corrected chi connectivity index (χ3v) is 6.54. The molecule has 0 atom stereocenters. The van der Waals surface area contributed by atoms with Gasteiger partial charge in [0.2, 0.25) is 0 Å². The molecule has 2 heterocycles. The smallest absolute Gasteiger partial charge is 0.266 e. The summed E-state index contributed by atoms with van der Waals surface area (Å²) in [6.45, 7) is 0. The lowest BCUT2D eigenvalue weighted by Crippen LogP contribution is -2.29. The number of hydrogen-bond acceptors (Lipinski definition) is 6. The first-order valence-electron chi connectivity index (χ1n) is 11.3. The lowest BCUT2D eigenvalue weighted by atomic mass is 10.1. The van der Waals surface area contributed by atoms with Crippen molar-refractivity contribution < 1.29 is 14.3 Å². The minimum Gasteiger partial charge on any atom is -0.457 e. The summed E-state index contributed by atoms with van der Waals surface area (Å²) in [5, 5.41) is 5.98. The summed E-state index contributed by atoms with van der Waals surface area (Å²) in [7, 11) is 0. The van der Waals surface area contributed by atoms with Gasteiger partial charge in [0.1, 0.15) is 11.5 Å². The molecule has 0 spiro atoms. The maximum absolute atomic E-state index is 12.9. The number of benzene rings is 4. The van der Waals surface area contributed by atoms with Crippen LogP contribution in [-0.4, -0.2) is 16.8 Å². The average molecular weight is 490 g/mol. The van der Waals surface area contributed by atoms with Crippen LogP contribution in [0.25, 0.3) is 11.3 Å². The van der Waals surface area contributed by atoms with E-state index >= 15 is 0 Å². The Morgan fingerprint density at radius 1 is 0.722 bits per heavy atom. The number of aromatic nitrogens is 1. The highest BCUT2D eigenvalue weighted by atomic mass is 32.1. The first-order valence-corrected chi connectivity index (χ1v) is 12.2. The topological polar surface area (TPSA) is 71.5 Å². The van der Waals surface area contributed by atoms with Crippen LogP contribution in [-0.2, 0) is 0 Å². The molecule has 0 aliphatic carbocycles. The van der Waals surface area contributed by atoms with Gasteiger partial charge in [-0.2, -0.15) is 0 Å². The summed E-state index contributed by atoms with van der Waals surface area (Å²) < 4.78 is 5.84. The lowest BCUT2D eigenvalue weighted by molar-refractivity contribution is 0.0926. The van der Waals surface area contributed by atoms with Crippen molar-refractivity contribution >= 4 is 39.7 Å². The number of nitrogens with one attached hydrogen (secondary N) is 1. The molecule has 0 saturated heterocycles. The van der Waals surface area contributed by atoms with Gasteiger partial charge in [-0.3, -0.25) is 9.59 Å². The van der Waals surface area contributed by atoms with Gasteiger partial charge in [0, 0.05) is 16.6 Å². The second-order valence-electron chi connectivity index (χ2n) is 8.14. The maximum atomic E-state index is 12.9. The molecule has 1 aromatic heterocycles. The van der Waals surface area contributed by atoms with Crippen molar-refractivity contribution in [3.8, 4) is 22.8 Å². The highest BCUT2D eigenvalue weighted by molar-refractivity contribution is 7.14. The van der Waals surface area contributed by atoms with Gasteiger partial charge in [-0.25, -0.2) is 9.88 Å². The molecule has 0 bridgehead atoms. The summed E-state index contributed by atoms with van der Waals surface area (Å²) in [6, 6.07) is 31.5.